The number of aliphatic carboxylic acids is 3. The molecule has 0 aliphatic carbocycles. The van der Waals surface area contributed by atoms with Crippen LogP contribution in [0.2, 0.25) is 0 Å². The molecule has 10 nitrogen and oxygen atoms in total. The number of unbranched alkanes of at least 4 members (excludes halogenated alkanes) is 1. The van der Waals surface area contributed by atoms with Crippen molar-refractivity contribution in [3.05, 3.63) is 0 Å². The van der Waals surface area contributed by atoms with Gasteiger partial charge in [-0.15, -0.1) is 0 Å². The topological polar surface area (TPSA) is 181 Å². The van der Waals surface area contributed by atoms with Crippen LogP contribution >= 0.6 is 0 Å². The Morgan fingerprint density at radius 2 is 0.689 bits per heavy atom. The van der Waals surface area contributed by atoms with Gasteiger partial charge in [0.15, 0.2) is 0 Å². The second kappa shape index (κ2) is 28.5. The van der Waals surface area contributed by atoms with Crippen molar-refractivity contribution in [3.63, 3.8) is 0 Å². The van der Waals surface area contributed by atoms with Crippen LogP contribution in [-0.4, -0.2) is 41.9 Å². The molecule has 0 aliphatic rings. The number of hydrogen-bond donors (Lipinski definition) is 0. The molecule has 0 amide bonds. The SMILES string of the molecule is CCCC(=O)C(CC)(CC)C(=O)[O-].CCCC(=O)C(CC)(CC)C(=O)[O-].CCCC(=O)C(CC)(CC)C(=O)[O-].CCCC[O][Zr+3]. The molecule has 0 saturated carbocycles. The second-order valence-electron chi connectivity index (χ2n) is 11.0. The molecule has 0 radical (unpaired) electrons. The molecule has 0 N–H and O–H groups in total. The van der Waals surface area contributed by atoms with E-state index in [2.05, 4.69) is 6.92 Å². The minimum atomic E-state index is -1.24. The van der Waals surface area contributed by atoms with Crippen molar-refractivity contribution in [2.24, 2.45) is 16.2 Å². The van der Waals surface area contributed by atoms with Crippen molar-refractivity contribution in [2.75, 3.05) is 6.61 Å². The van der Waals surface area contributed by atoms with Gasteiger partial charge in [-0.1, -0.05) is 62.3 Å². The molecule has 0 aromatic heterocycles. The van der Waals surface area contributed by atoms with Crippen molar-refractivity contribution in [1.29, 1.82) is 0 Å². The standard InChI is InChI=1S/3C10H18O3.C4H9O.Zr/c3*1-4-7-8(11)10(5-2,6-3)9(12)13;1-2-3-4-5;/h3*4-7H2,1-3H3,(H,12,13);2-4H2,1H3;/q;;;-1;+4/p-3. The number of carbonyl (C=O) groups excluding carboxylic acids is 6. The zero-order valence-corrected chi connectivity index (χ0v) is 32.1. The summed E-state index contributed by atoms with van der Waals surface area (Å²) in [5.74, 6) is -4.26. The summed E-state index contributed by atoms with van der Waals surface area (Å²) in [6, 6.07) is 0. The van der Waals surface area contributed by atoms with Crippen LogP contribution in [0.25, 0.3) is 0 Å². The van der Waals surface area contributed by atoms with E-state index in [-0.39, 0.29) is 17.3 Å². The van der Waals surface area contributed by atoms with Crippen LogP contribution in [0.3, 0.4) is 0 Å². The third-order valence-corrected chi connectivity index (χ3v) is 8.93. The Morgan fingerprint density at radius 3 is 0.778 bits per heavy atom. The summed E-state index contributed by atoms with van der Waals surface area (Å²) in [5.41, 5.74) is -3.72. The molecule has 0 heterocycles. The maximum absolute atomic E-state index is 11.5. The molecular weight excluding hydrogens is 660 g/mol. The van der Waals surface area contributed by atoms with Crippen molar-refractivity contribution in [3.8, 4) is 0 Å². The summed E-state index contributed by atoms with van der Waals surface area (Å²) in [4.78, 5) is 67.2. The number of carboxylic acid groups (broad SMARTS) is 3. The zero-order chi connectivity index (χ0) is 36.3. The van der Waals surface area contributed by atoms with Crippen LogP contribution in [0.15, 0.2) is 0 Å². The summed E-state index contributed by atoms with van der Waals surface area (Å²) in [6.45, 7) is 19.0. The fourth-order valence-corrected chi connectivity index (χ4v) is 5.11. The first-order chi connectivity index (χ1) is 21.1. The monoisotopic (exact) mass is 718 g/mol. The molecular formula is C34H60O10Zr. The van der Waals surface area contributed by atoms with Crippen molar-refractivity contribution in [1.82, 2.24) is 0 Å². The second-order valence-corrected chi connectivity index (χ2v) is 11.7. The predicted molar refractivity (Wildman–Crippen MR) is 165 cm³/mol. The van der Waals surface area contributed by atoms with Crippen molar-refractivity contribution in [2.45, 2.75) is 159 Å². The Balaban J connectivity index is -0.000000257. The first kappa shape index (κ1) is 50.1. The van der Waals surface area contributed by atoms with Gasteiger partial charge in [-0.25, -0.2) is 0 Å². The van der Waals surface area contributed by atoms with Crippen molar-refractivity contribution < 1.29 is 72.1 Å². The summed E-state index contributed by atoms with van der Waals surface area (Å²) >= 11 is 1.19. The van der Waals surface area contributed by atoms with E-state index in [1.807, 2.05) is 20.8 Å². The third-order valence-electron chi connectivity index (χ3n) is 8.43. The van der Waals surface area contributed by atoms with Crippen molar-refractivity contribution >= 4 is 35.3 Å². The Bertz CT molecular complexity index is 748. The van der Waals surface area contributed by atoms with Crippen LogP contribution in [0.4, 0.5) is 0 Å². The average Bonchev–Trinajstić information content (AvgIpc) is 3.00. The molecule has 0 atom stereocenters. The molecule has 0 aromatic carbocycles. The van der Waals surface area contributed by atoms with E-state index in [0.29, 0.717) is 77.0 Å². The van der Waals surface area contributed by atoms with Gasteiger partial charge in [0.1, 0.15) is 17.3 Å². The van der Waals surface area contributed by atoms with Crippen LogP contribution in [0.5, 0.6) is 0 Å². The molecule has 0 aromatic rings. The first-order valence-electron chi connectivity index (χ1n) is 16.6. The molecule has 0 spiro atoms. The molecule has 0 rings (SSSR count). The van der Waals surface area contributed by atoms with Crippen LogP contribution < -0.4 is 15.3 Å². The minimum absolute atomic E-state index is 0.194. The van der Waals surface area contributed by atoms with Crippen LogP contribution in [-0.2, 0) is 56.7 Å². The van der Waals surface area contributed by atoms with Gasteiger partial charge in [0.05, 0.1) is 34.2 Å². The maximum atomic E-state index is 11.5. The molecule has 11 heteroatoms. The molecule has 0 unspecified atom stereocenters. The van der Waals surface area contributed by atoms with Gasteiger partial charge in [-0.05, 0) is 57.8 Å². The number of carbonyl (C=O) groups is 6. The molecule has 0 aliphatic heterocycles. The summed E-state index contributed by atoms with van der Waals surface area (Å²) < 4.78 is 4.87. The van der Waals surface area contributed by atoms with Crippen LogP contribution in [0.1, 0.15) is 159 Å². The Hall–Kier alpha value is -1.74. The van der Waals surface area contributed by atoms with Gasteiger partial charge < -0.3 is 29.7 Å². The number of hydrogen-bond acceptors (Lipinski definition) is 10. The normalized spacial score (nSPS) is 11.0. The molecule has 45 heavy (non-hydrogen) atoms. The van der Waals surface area contributed by atoms with Gasteiger partial charge in [0, 0.05) is 19.3 Å². The van der Waals surface area contributed by atoms with E-state index in [0.717, 1.165) is 6.61 Å². The fourth-order valence-electron chi connectivity index (χ4n) is 4.76. The van der Waals surface area contributed by atoms with E-state index in [1.165, 1.54) is 38.0 Å². The van der Waals surface area contributed by atoms with E-state index >= 15 is 0 Å². The number of rotatable bonds is 21. The van der Waals surface area contributed by atoms with E-state index in [4.69, 9.17) is 2.81 Å². The predicted octanol–water partition coefficient (Wildman–Crippen LogP) is 4.00. The third kappa shape index (κ3) is 16.6. The van der Waals surface area contributed by atoms with Crippen LogP contribution in [0, 0.1) is 16.2 Å². The molecule has 0 bridgehead atoms. The molecule has 260 valence electrons. The number of carboxylic acids is 3. The zero-order valence-electron chi connectivity index (χ0n) is 29.7. The summed E-state index contributed by atoms with van der Waals surface area (Å²) in [7, 11) is 0. The summed E-state index contributed by atoms with van der Waals surface area (Å²) in [5, 5.41) is 32.6. The average molecular weight is 720 g/mol. The van der Waals surface area contributed by atoms with E-state index in [1.54, 1.807) is 41.5 Å². The van der Waals surface area contributed by atoms with E-state index < -0.39 is 34.2 Å². The molecule has 0 saturated heterocycles. The Labute approximate surface area is 288 Å². The molecule has 0 fully saturated rings. The number of Topliss-reactive ketones (excluding diaryl/α,β-unsaturated/α-hetero) is 3. The Morgan fingerprint density at radius 1 is 0.467 bits per heavy atom. The van der Waals surface area contributed by atoms with Gasteiger partial charge in [-0.3, -0.25) is 14.4 Å². The van der Waals surface area contributed by atoms with Gasteiger partial charge >= 0.3 is 54.3 Å². The van der Waals surface area contributed by atoms with E-state index in [9.17, 15) is 44.1 Å². The number of ketones is 3. The van der Waals surface area contributed by atoms with Gasteiger partial charge in [-0.2, -0.15) is 0 Å². The van der Waals surface area contributed by atoms with Gasteiger partial charge in [0.2, 0.25) is 0 Å². The van der Waals surface area contributed by atoms with Gasteiger partial charge in [0.25, 0.3) is 0 Å². The fraction of sp³-hybridized carbons (Fsp3) is 0.824. The first-order valence-corrected chi connectivity index (χ1v) is 17.6. The Kier molecular flexibility index (Phi) is 31.7. The summed E-state index contributed by atoms with van der Waals surface area (Å²) in [6.07, 6.45) is 7.45. The quantitative estimate of drug-likeness (QED) is 0.124.